The lowest BCUT2D eigenvalue weighted by Gasteiger charge is -2.24. The number of phosphoric ester groups is 1. The number of carbonyl (C=O) groups excluding carboxylic acids is 2. The van der Waals surface area contributed by atoms with Crippen molar-refractivity contribution in [1.82, 2.24) is 0 Å². The van der Waals surface area contributed by atoms with Crippen molar-refractivity contribution >= 4 is 19.8 Å². The molecule has 0 aromatic rings. The molecule has 0 aliphatic carbocycles. The van der Waals surface area contributed by atoms with Gasteiger partial charge < -0.3 is 24.0 Å². The number of aliphatic hydroxyl groups excluding tert-OH is 1. The molecule has 0 aromatic heterocycles. The lowest BCUT2D eigenvalue weighted by atomic mass is 10.1. The highest BCUT2D eigenvalue weighted by atomic mass is 31.2. The second kappa shape index (κ2) is 42.0. The van der Waals surface area contributed by atoms with Gasteiger partial charge in [0, 0.05) is 19.4 Å². The second-order valence-electron chi connectivity index (χ2n) is 15.8. The third-order valence-corrected chi connectivity index (χ3v) is 9.83. The molecular formula is C50H83NO9P+. The first-order valence-electron chi connectivity index (χ1n) is 22.7. The third-order valence-electron chi connectivity index (χ3n) is 8.84. The summed E-state index contributed by atoms with van der Waals surface area (Å²) in [6, 6.07) is 0. The van der Waals surface area contributed by atoms with E-state index in [9.17, 15) is 19.0 Å². The highest BCUT2D eigenvalue weighted by molar-refractivity contribution is 7.47. The first-order chi connectivity index (χ1) is 29.5. The van der Waals surface area contributed by atoms with Crippen LogP contribution in [0, 0.1) is 0 Å². The number of hydrogen-bond acceptors (Lipinski definition) is 8. The third kappa shape index (κ3) is 46.0. The molecule has 0 aromatic carbocycles. The summed E-state index contributed by atoms with van der Waals surface area (Å²) in [5, 5.41) is 8.81. The van der Waals surface area contributed by atoms with Crippen LogP contribution in [0.25, 0.3) is 0 Å². The van der Waals surface area contributed by atoms with E-state index in [0.29, 0.717) is 30.3 Å². The molecular weight excluding hydrogens is 790 g/mol. The number of rotatable bonds is 40. The Labute approximate surface area is 370 Å². The zero-order valence-electron chi connectivity index (χ0n) is 38.3. The molecule has 0 fully saturated rings. The maximum Gasteiger partial charge on any atom is 0.472 e. The average Bonchev–Trinajstić information content (AvgIpc) is 3.21. The van der Waals surface area contributed by atoms with E-state index in [0.717, 1.165) is 96.3 Å². The van der Waals surface area contributed by atoms with Crippen molar-refractivity contribution in [2.45, 2.75) is 141 Å². The van der Waals surface area contributed by atoms with Crippen molar-refractivity contribution < 1.29 is 47.2 Å². The Balaban J connectivity index is 4.52. The molecule has 0 radical (unpaired) electrons. The summed E-state index contributed by atoms with van der Waals surface area (Å²) >= 11 is 0. The van der Waals surface area contributed by atoms with Gasteiger partial charge in [0.2, 0.25) is 0 Å². The number of nitrogens with zero attached hydrogens (tertiary/aromatic N) is 1. The minimum absolute atomic E-state index is 0.00415. The van der Waals surface area contributed by atoms with E-state index in [1.807, 2.05) is 27.2 Å². The second-order valence-corrected chi connectivity index (χ2v) is 17.2. The Bertz CT molecular complexity index is 1400. The van der Waals surface area contributed by atoms with Gasteiger partial charge >= 0.3 is 19.8 Å². The summed E-state index contributed by atoms with van der Waals surface area (Å²) < 4.78 is 34.2. The Morgan fingerprint density at radius 3 is 1.43 bits per heavy atom. The van der Waals surface area contributed by atoms with Gasteiger partial charge in [0.05, 0.1) is 27.7 Å². The lowest BCUT2D eigenvalue weighted by Crippen LogP contribution is -2.37. The van der Waals surface area contributed by atoms with Crippen LogP contribution in [0.4, 0.5) is 0 Å². The van der Waals surface area contributed by atoms with E-state index < -0.39 is 32.5 Å². The molecule has 346 valence electrons. The molecule has 0 bridgehead atoms. The zero-order chi connectivity index (χ0) is 45.0. The van der Waals surface area contributed by atoms with Gasteiger partial charge in [0.25, 0.3) is 0 Å². The zero-order valence-corrected chi connectivity index (χ0v) is 39.2. The fourth-order valence-corrected chi connectivity index (χ4v) is 6.05. The molecule has 0 heterocycles. The van der Waals surface area contributed by atoms with Gasteiger partial charge in [0.15, 0.2) is 6.10 Å². The van der Waals surface area contributed by atoms with Crippen LogP contribution in [0.15, 0.2) is 109 Å². The van der Waals surface area contributed by atoms with Crippen molar-refractivity contribution in [1.29, 1.82) is 0 Å². The van der Waals surface area contributed by atoms with E-state index in [4.69, 9.17) is 23.6 Å². The molecule has 0 aliphatic rings. The van der Waals surface area contributed by atoms with E-state index >= 15 is 0 Å². The lowest BCUT2D eigenvalue weighted by molar-refractivity contribution is -0.870. The van der Waals surface area contributed by atoms with E-state index in [2.05, 4.69) is 110 Å². The van der Waals surface area contributed by atoms with Crippen LogP contribution < -0.4 is 0 Å². The smallest absolute Gasteiger partial charge is 0.462 e. The van der Waals surface area contributed by atoms with Crippen molar-refractivity contribution in [2.24, 2.45) is 0 Å². The number of quaternary nitrogens is 1. The van der Waals surface area contributed by atoms with Gasteiger partial charge in [-0.2, -0.15) is 0 Å². The number of allylic oxidation sites excluding steroid dienone is 18. The number of ether oxygens (including phenoxy) is 2. The normalized spacial score (nSPS) is 14.5. The Morgan fingerprint density at radius 1 is 0.541 bits per heavy atom. The predicted octanol–water partition coefficient (Wildman–Crippen LogP) is 12.1. The quantitative estimate of drug-likeness (QED) is 0.0203. The van der Waals surface area contributed by atoms with E-state index in [-0.39, 0.29) is 32.7 Å². The standard InChI is InChI=1S/C50H82NO9P/c1-5-6-7-8-9-10-11-12-13-14-15-17-20-23-26-29-32-35-38-41-49(53)57-46-48(47-59-61(55,56)58-45-43-51(2,3)4)60-50(54)42-39-36-33-30-27-24-21-18-16-19-22-25-28-31-34-37-40-44-52/h6-7,9-10,12-13,15-17,19,21,23-26,28,30,33,48,52H,5,8,11,14,18,20,22,27,29,31-32,34-47H2,1-4H3/p+1/b7-6-,10-9-,13-12-,17-15-,19-16-,24-21-,26-23-,28-25-,33-30-/t48-/m1/s1. The number of phosphoric acid groups is 1. The van der Waals surface area contributed by atoms with Gasteiger partial charge in [0.1, 0.15) is 19.8 Å². The minimum atomic E-state index is -4.41. The van der Waals surface area contributed by atoms with Crippen LogP contribution in [0.1, 0.15) is 135 Å². The number of unbranched alkanes of at least 4 members (excludes halogenated alkanes) is 7. The highest BCUT2D eigenvalue weighted by Crippen LogP contribution is 2.43. The number of carbonyl (C=O) groups is 2. The molecule has 2 N–H and O–H groups in total. The SMILES string of the molecule is CC/C=C\C/C=C\C/C=C\C/C=C\C/C=C\CCCCCC(=O)OC[C@H](COP(=O)(O)OCC[N+](C)(C)C)OC(=O)CCC/C=C\C/C=C\C/C=C\C/C=C\CCCCCO. The number of hydrogen-bond donors (Lipinski definition) is 2. The van der Waals surface area contributed by atoms with Gasteiger partial charge in [-0.15, -0.1) is 0 Å². The molecule has 0 saturated carbocycles. The average molecular weight is 873 g/mol. The van der Waals surface area contributed by atoms with Crippen LogP contribution in [0.3, 0.4) is 0 Å². The van der Waals surface area contributed by atoms with Gasteiger partial charge in [-0.05, 0) is 103 Å². The number of likely N-dealkylation sites (N-methyl/N-ethyl adjacent to an activating group) is 1. The number of esters is 2. The Kier molecular flexibility index (Phi) is 39.6. The van der Waals surface area contributed by atoms with Crippen LogP contribution in [0.2, 0.25) is 0 Å². The van der Waals surface area contributed by atoms with Crippen LogP contribution in [-0.4, -0.2) is 86.6 Å². The largest absolute Gasteiger partial charge is 0.472 e. The first kappa shape index (κ1) is 57.6. The van der Waals surface area contributed by atoms with Crippen LogP contribution in [-0.2, 0) is 32.7 Å². The van der Waals surface area contributed by atoms with Gasteiger partial charge in [-0.3, -0.25) is 18.6 Å². The molecule has 0 rings (SSSR count). The summed E-state index contributed by atoms with van der Waals surface area (Å²) in [6.45, 7) is 2.17. The molecule has 10 nitrogen and oxygen atoms in total. The summed E-state index contributed by atoms with van der Waals surface area (Å²) in [6.07, 6.45) is 54.4. The maximum absolute atomic E-state index is 12.7. The van der Waals surface area contributed by atoms with Crippen molar-refractivity contribution in [2.75, 3.05) is 54.1 Å². The van der Waals surface area contributed by atoms with Crippen molar-refractivity contribution in [3.63, 3.8) is 0 Å². The number of aliphatic hydroxyl groups is 1. The Hall–Kier alpha value is -3.37. The summed E-state index contributed by atoms with van der Waals surface area (Å²) in [5.74, 6) is -0.929. The minimum Gasteiger partial charge on any atom is -0.462 e. The molecule has 0 aliphatic heterocycles. The van der Waals surface area contributed by atoms with Crippen molar-refractivity contribution in [3.05, 3.63) is 109 Å². The van der Waals surface area contributed by atoms with E-state index in [1.165, 1.54) is 0 Å². The van der Waals surface area contributed by atoms with Gasteiger partial charge in [-0.1, -0.05) is 129 Å². The maximum atomic E-state index is 12.7. The Morgan fingerprint density at radius 2 is 0.967 bits per heavy atom. The predicted molar refractivity (Wildman–Crippen MR) is 253 cm³/mol. The van der Waals surface area contributed by atoms with Crippen LogP contribution >= 0.6 is 7.82 Å². The molecule has 2 atom stereocenters. The summed E-state index contributed by atoms with van der Waals surface area (Å²) in [5.41, 5.74) is 0. The molecule has 1 unspecified atom stereocenters. The topological polar surface area (TPSA) is 129 Å². The monoisotopic (exact) mass is 873 g/mol. The van der Waals surface area contributed by atoms with Crippen LogP contribution in [0.5, 0.6) is 0 Å². The summed E-state index contributed by atoms with van der Waals surface area (Å²) in [4.78, 5) is 35.4. The highest BCUT2D eigenvalue weighted by Gasteiger charge is 2.27. The summed E-state index contributed by atoms with van der Waals surface area (Å²) in [7, 11) is 1.38. The molecule has 0 spiro atoms. The fraction of sp³-hybridized carbons (Fsp3) is 0.600. The molecule has 0 amide bonds. The molecule has 0 saturated heterocycles. The first-order valence-corrected chi connectivity index (χ1v) is 24.2. The fourth-order valence-electron chi connectivity index (χ4n) is 5.30. The molecule has 11 heteroatoms. The molecule has 61 heavy (non-hydrogen) atoms. The van der Waals surface area contributed by atoms with Crippen molar-refractivity contribution in [3.8, 4) is 0 Å². The van der Waals surface area contributed by atoms with E-state index in [1.54, 1.807) is 0 Å². The van der Waals surface area contributed by atoms with Gasteiger partial charge in [-0.25, -0.2) is 4.57 Å².